The van der Waals surface area contributed by atoms with Gasteiger partial charge in [0, 0.05) is 19.1 Å². The van der Waals surface area contributed by atoms with E-state index in [0.29, 0.717) is 35.6 Å². The molecule has 0 bridgehead atoms. The summed E-state index contributed by atoms with van der Waals surface area (Å²) in [5.41, 5.74) is 0.567. The average Bonchev–Trinajstić information content (AvgIpc) is 3.16. The topological polar surface area (TPSA) is 106 Å². The Hall–Kier alpha value is -2.36. The molecule has 0 spiro atoms. The van der Waals surface area contributed by atoms with Gasteiger partial charge in [-0.15, -0.1) is 5.10 Å². The van der Waals surface area contributed by atoms with Crippen LogP contribution in [-0.4, -0.2) is 61.8 Å². The summed E-state index contributed by atoms with van der Waals surface area (Å²) in [7, 11) is 0. The monoisotopic (exact) mass is 376 g/mol. The van der Waals surface area contributed by atoms with Gasteiger partial charge in [-0.05, 0) is 42.2 Å². The molecule has 3 heterocycles. The first-order valence-corrected chi connectivity index (χ1v) is 9.71. The van der Waals surface area contributed by atoms with Crippen LogP contribution in [0.1, 0.15) is 42.1 Å². The fourth-order valence-electron chi connectivity index (χ4n) is 3.02. The molecule has 1 N–H and O–H groups in total. The normalized spacial score (nSPS) is 18.1. The lowest BCUT2D eigenvalue weighted by atomic mass is 10.0. The Balaban J connectivity index is 1.21. The zero-order chi connectivity index (χ0) is 17.9. The van der Waals surface area contributed by atoms with E-state index in [4.69, 9.17) is 4.42 Å². The van der Waals surface area contributed by atoms with Crippen LogP contribution in [0, 0.1) is 0 Å². The van der Waals surface area contributed by atoms with Crippen LogP contribution < -0.4 is 5.32 Å². The van der Waals surface area contributed by atoms with E-state index in [0.717, 1.165) is 25.7 Å². The number of rotatable bonds is 6. The molecule has 10 heteroatoms. The highest BCUT2D eigenvalue weighted by molar-refractivity contribution is 7.99. The van der Waals surface area contributed by atoms with Crippen molar-refractivity contribution in [2.24, 2.45) is 0 Å². The number of aromatic nitrogens is 4. The van der Waals surface area contributed by atoms with Gasteiger partial charge in [0.2, 0.25) is 11.1 Å². The summed E-state index contributed by atoms with van der Waals surface area (Å²) in [4.78, 5) is 26.3. The summed E-state index contributed by atoms with van der Waals surface area (Å²) in [5, 5.41) is 15.4. The highest BCUT2D eigenvalue weighted by Crippen LogP contribution is 2.36. The molecule has 2 amide bonds. The van der Waals surface area contributed by atoms with Crippen LogP contribution in [0.3, 0.4) is 0 Å². The minimum Gasteiger partial charge on any atom is -0.472 e. The molecular weight excluding hydrogens is 356 g/mol. The lowest BCUT2D eigenvalue weighted by Crippen LogP contribution is -2.46. The van der Waals surface area contributed by atoms with E-state index in [2.05, 4.69) is 20.8 Å². The van der Waals surface area contributed by atoms with Crippen LogP contribution in [0.15, 0.2) is 28.2 Å². The van der Waals surface area contributed by atoms with Crippen molar-refractivity contribution in [1.29, 1.82) is 0 Å². The number of piperidine rings is 1. The standard InChI is InChI=1S/C16H20N6O3S/c23-14(10-26-16-18-19-20-22(16)13-1-2-13)17-12-3-6-21(7-4-12)15(24)11-5-8-25-9-11/h5,8-9,12-13H,1-4,6-7,10H2,(H,17,23). The number of hydrogen-bond acceptors (Lipinski definition) is 7. The van der Waals surface area contributed by atoms with Crippen molar-refractivity contribution in [3.8, 4) is 0 Å². The molecule has 0 radical (unpaired) electrons. The minimum absolute atomic E-state index is 0.0222. The van der Waals surface area contributed by atoms with Gasteiger partial charge in [-0.1, -0.05) is 11.8 Å². The summed E-state index contributed by atoms with van der Waals surface area (Å²) in [6.07, 6.45) is 6.65. The molecule has 4 rings (SSSR count). The van der Waals surface area contributed by atoms with Crippen molar-refractivity contribution < 1.29 is 14.0 Å². The Morgan fingerprint density at radius 3 is 2.77 bits per heavy atom. The Labute approximate surface area is 154 Å². The van der Waals surface area contributed by atoms with Crippen LogP contribution in [-0.2, 0) is 4.79 Å². The van der Waals surface area contributed by atoms with Crippen molar-refractivity contribution in [3.63, 3.8) is 0 Å². The third-order valence-corrected chi connectivity index (χ3v) is 5.54. The predicted octanol–water partition coefficient (Wildman–Crippen LogP) is 1.11. The molecule has 2 aromatic rings. The van der Waals surface area contributed by atoms with E-state index in [-0.39, 0.29) is 17.9 Å². The third kappa shape index (κ3) is 3.90. The highest BCUT2D eigenvalue weighted by atomic mass is 32.2. The number of amides is 2. The summed E-state index contributed by atoms with van der Waals surface area (Å²) in [6, 6.07) is 2.16. The molecule has 2 aromatic heterocycles. The molecular formula is C16H20N6O3S. The van der Waals surface area contributed by atoms with E-state index >= 15 is 0 Å². The zero-order valence-corrected chi connectivity index (χ0v) is 15.0. The summed E-state index contributed by atoms with van der Waals surface area (Å²) >= 11 is 1.36. The number of carbonyl (C=O) groups is 2. The number of thioether (sulfide) groups is 1. The van der Waals surface area contributed by atoms with Crippen molar-refractivity contribution in [2.45, 2.75) is 42.9 Å². The maximum atomic E-state index is 12.3. The second-order valence-corrected chi connectivity index (χ2v) is 7.51. The molecule has 2 fully saturated rings. The SMILES string of the molecule is O=C(CSc1nnnn1C1CC1)NC1CCN(C(=O)c2ccoc2)CC1. The van der Waals surface area contributed by atoms with Gasteiger partial charge < -0.3 is 14.6 Å². The van der Waals surface area contributed by atoms with Gasteiger partial charge in [-0.2, -0.15) is 0 Å². The van der Waals surface area contributed by atoms with E-state index < -0.39 is 0 Å². The average molecular weight is 376 g/mol. The van der Waals surface area contributed by atoms with E-state index in [1.807, 2.05) is 0 Å². The molecule has 26 heavy (non-hydrogen) atoms. The molecule has 1 aliphatic heterocycles. The fourth-order valence-corrected chi connectivity index (χ4v) is 3.78. The molecule has 138 valence electrons. The lowest BCUT2D eigenvalue weighted by molar-refractivity contribution is -0.119. The number of nitrogens with zero attached hydrogens (tertiary/aromatic N) is 5. The Bertz CT molecular complexity index is 765. The lowest BCUT2D eigenvalue weighted by Gasteiger charge is -2.32. The van der Waals surface area contributed by atoms with Crippen LogP contribution in [0.25, 0.3) is 0 Å². The maximum Gasteiger partial charge on any atom is 0.257 e. The number of furan rings is 1. The van der Waals surface area contributed by atoms with Gasteiger partial charge in [0.1, 0.15) is 6.26 Å². The van der Waals surface area contributed by atoms with E-state index in [9.17, 15) is 9.59 Å². The first-order chi connectivity index (χ1) is 12.7. The molecule has 2 aliphatic rings. The first kappa shape index (κ1) is 17.1. The van der Waals surface area contributed by atoms with Gasteiger partial charge in [0.25, 0.3) is 5.91 Å². The fraction of sp³-hybridized carbons (Fsp3) is 0.562. The summed E-state index contributed by atoms with van der Waals surface area (Å²) < 4.78 is 6.77. The van der Waals surface area contributed by atoms with Crippen LogP contribution in [0.5, 0.6) is 0 Å². The number of tetrazole rings is 1. The van der Waals surface area contributed by atoms with Crippen LogP contribution in [0.2, 0.25) is 0 Å². The number of likely N-dealkylation sites (tertiary alicyclic amines) is 1. The smallest absolute Gasteiger partial charge is 0.257 e. The zero-order valence-electron chi connectivity index (χ0n) is 14.2. The number of carbonyl (C=O) groups excluding carboxylic acids is 2. The quantitative estimate of drug-likeness (QED) is 0.753. The van der Waals surface area contributed by atoms with Gasteiger partial charge in [-0.3, -0.25) is 9.59 Å². The third-order valence-electron chi connectivity index (χ3n) is 4.60. The highest BCUT2D eigenvalue weighted by Gasteiger charge is 2.28. The van der Waals surface area contributed by atoms with Crippen molar-refractivity contribution in [3.05, 3.63) is 24.2 Å². The molecule has 1 aliphatic carbocycles. The Morgan fingerprint density at radius 2 is 2.08 bits per heavy atom. The van der Waals surface area contributed by atoms with E-state index in [1.54, 1.807) is 15.6 Å². The molecule has 0 unspecified atom stereocenters. The minimum atomic E-state index is -0.0278. The predicted molar refractivity (Wildman–Crippen MR) is 92.6 cm³/mol. The van der Waals surface area contributed by atoms with Gasteiger partial charge >= 0.3 is 0 Å². The van der Waals surface area contributed by atoms with Crippen molar-refractivity contribution in [1.82, 2.24) is 30.4 Å². The summed E-state index contributed by atoms with van der Waals surface area (Å²) in [6.45, 7) is 1.25. The van der Waals surface area contributed by atoms with Gasteiger partial charge in [-0.25, -0.2) is 4.68 Å². The van der Waals surface area contributed by atoms with Gasteiger partial charge in [0.15, 0.2) is 0 Å². The largest absolute Gasteiger partial charge is 0.472 e. The second kappa shape index (κ2) is 7.48. The van der Waals surface area contributed by atoms with Gasteiger partial charge in [0.05, 0.1) is 23.6 Å². The van der Waals surface area contributed by atoms with E-state index in [1.165, 1.54) is 24.3 Å². The molecule has 0 atom stereocenters. The Kier molecular flexibility index (Phi) is 4.91. The second-order valence-electron chi connectivity index (χ2n) is 6.57. The van der Waals surface area contributed by atoms with Crippen molar-refractivity contribution >= 4 is 23.6 Å². The molecule has 9 nitrogen and oxygen atoms in total. The molecule has 1 saturated heterocycles. The van der Waals surface area contributed by atoms with Crippen LogP contribution >= 0.6 is 11.8 Å². The number of nitrogens with one attached hydrogen (secondary N) is 1. The molecule has 0 aromatic carbocycles. The first-order valence-electron chi connectivity index (χ1n) is 8.72. The van der Waals surface area contributed by atoms with Crippen LogP contribution in [0.4, 0.5) is 0 Å². The Morgan fingerprint density at radius 1 is 1.27 bits per heavy atom. The maximum absolute atomic E-state index is 12.3. The van der Waals surface area contributed by atoms with Crippen molar-refractivity contribution in [2.75, 3.05) is 18.8 Å². The summed E-state index contributed by atoms with van der Waals surface area (Å²) in [5.74, 6) is 0.243. The molecule has 1 saturated carbocycles. The number of hydrogen-bond donors (Lipinski definition) is 1.